The molecule has 3 rings (SSSR count). The van der Waals surface area contributed by atoms with Gasteiger partial charge >= 0.3 is 0 Å². The average Bonchev–Trinajstić information content (AvgIpc) is 3.02. The number of hydrogen-bond donors (Lipinski definition) is 3. The van der Waals surface area contributed by atoms with Crippen LogP contribution in [0.4, 0.5) is 0 Å². The molecule has 126 valence electrons. The van der Waals surface area contributed by atoms with E-state index in [1.165, 1.54) is 16.0 Å². The lowest BCUT2D eigenvalue weighted by Crippen LogP contribution is -3.28. The summed E-state index contributed by atoms with van der Waals surface area (Å²) in [5, 5.41) is 2.98. The second-order valence-electron chi connectivity index (χ2n) is 6.74. The Morgan fingerprint density at radius 1 is 1.22 bits per heavy atom. The molecule has 1 amide bonds. The lowest BCUT2D eigenvalue weighted by atomic mass is 10.1. The third-order valence-electron chi connectivity index (χ3n) is 4.85. The van der Waals surface area contributed by atoms with Gasteiger partial charge < -0.3 is 19.9 Å². The van der Waals surface area contributed by atoms with E-state index in [4.69, 9.17) is 4.74 Å². The summed E-state index contributed by atoms with van der Waals surface area (Å²) in [6.45, 7) is 9.88. The van der Waals surface area contributed by atoms with Crippen molar-refractivity contribution < 1.29 is 19.3 Å². The molecule has 1 fully saturated rings. The number of ether oxygens (including phenoxy) is 1. The first kappa shape index (κ1) is 16.3. The van der Waals surface area contributed by atoms with Crippen LogP contribution in [0.5, 0.6) is 5.75 Å². The molecule has 5 nitrogen and oxygen atoms in total. The van der Waals surface area contributed by atoms with E-state index in [1.54, 1.807) is 4.90 Å². The zero-order valence-electron chi connectivity index (χ0n) is 14.1. The van der Waals surface area contributed by atoms with Crippen molar-refractivity contribution in [3.05, 3.63) is 29.3 Å². The van der Waals surface area contributed by atoms with Crippen LogP contribution in [0.15, 0.2) is 18.2 Å². The van der Waals surface area contributed by atoms with E-state index in [0.29, 0.717) is 6.54 Å². The molecule has 2 heterocycles. The summed E-state index contributed by atoms with van der Waals surface area (Å²) in [6.07, 6.45) is 2.05. The number of piperazine rings is 1. The minimum atomic E-state index is 0.198. The van der Waals surface area contributed by atoms with E-state index in [-0.39, 0.29) is 5.91 Å². The number of hydrogen-bond acceptors (Lipinski definition) is 2. The van der Waals surface area contributed by atoms with E-state index in [9.17, 15) is 4.79 Å². The Balaban J connectivity index is 1.43. The highest BCUT2D eigenvalue weighted by Crippen LogP contribution is 2.25. The minimum absolute atomic E-state index is 0.198. The summed E-state index contributed by atoms with van der Waals surface area (Å²) >= 11 is 0. The minimum Gasteiger partial charge on any atom is -0.493 e. The third-order valence-corrected chi connectivity index (χ3v) is 4.85. The van der Waals surface area contributed by atoms with Gasteiger partial charge in [-0.3, -0.25) is 4.79 Å². The maximum Gasteiger partial charge on any atom is 0.275 e. The predicted octanol–water partition coefficient (Wildman–Crippen LogP) is -1.57. The number of fused-ring (bicyclic) bond motifs is 1. The van der Waals surface area contributed by atoms with Crippen LogP contribution in [0.3, 0.4) is 0 Å². The Morgan fingerprint density at radius 2 is 2.00 bits per heavy atom. The number of nitrogens with one attached hydrogen (secondary N) is 3. The van der Waals surface area contributed by atoms with Gasteiger partial charge in [0.25, 0.3) is 5.91 Å². The van der Waals surface area contributed by atoms with Crippen LogP contribution in [0.1, 0.15) is 24.5 Å². The first-order valence-corrected chi connectivity index (χ1v) is 8.93. The fraction of sp³-hybridized carbons (Fsp3) is 0.611. The van der Waals surface area contributed by atoms with Gasteiger partial charge in [0.2, 0.25) is 0 Å². The summed E-state index contributed by atoms with van der Waals surface area (Å²) in [6, 6.07) is 6.64. The van der Waals surface area contributed by atoms with Crippen LogP contribution in [0.25, 0.3) is 0 Å². The molecular formula is C18H29N3O2+2. The Labute approximate surface area is 138 Å². The molecule has 0 atom stereocenters. The third kappa shape index (κ3) is 4.45. The van der Waals surface area contributed by atoms with E-state index in [2.05, 4.69) is 30.4 Å². The SMILES string of the molecule is CCCNC(=O)C[NH+]1CC[NH+](Cc2ccc3c(c2)CCO3)CC1. The molecule has 1 saturated heterocycles. The van der Waals surface area contributed by atoms with Gasteiger partial charge in [-0.1, -0.05) is 6.92 Å². The van der Waals surface area contributed by atoms with E-state index in [0.717, 1.165) is 64.5 Å². The number of carbonyl (C=O) groups excluding carboxylic acids is 1. The van der Waals surface area contributed by atoms with Crippen LogP contribution in [0.2, 0.25) is 0 Å². The number of amides is 1. The highest BCUT2D eigenvalue weighted by Gasteiger charge is 2.25. The number of benzene rings is 1. The van der Waals surface area contributed by atoms with Crippen LogP contribution in [-0.2, 0) is 17.8 Å². The molecule has 0 saturated carbocycles. The van der Waals surface area contributed by atoms with Crippen molar-refractivity contribution in [3.8, 4) is 5.75 Å². The second-order valence-corrected chi connectivity index (χ2v) is 6.74. The molecular weight excluding hydrogens is 290 g/mol. The van der Waals surface area contributed by atoms with Crippen molar-refractivity contribution in [2.45, 2.75) is 26.3 Å². The molecule has 2 aliphatic heterocycles. The van der Waals surface area contributed by atoms with E-state index < -0.39 is 0 Å². The van der Waals surface area contributed by atoms with Gasteiger partial charge in [-0.25, -0.2) is 0 Å². The van der Waals surface area contributed by atoms with Gasteiger partial charge in [-0.05, 0) is 30.2 Å². The molecule has 3 N–H and O–H groups in total. The molecule has 0 spiro atoms. The molecule has 0 unspecified atom stereocenters. The van der Waals surface area contributed by atoms with Gasteiger partial charge in [0.1, 0.15) is 38.5 Å². The molecule has 0 radical (unpaired) electrons. The van der Waals surface area contributed by atoms with Crippen molar-refractivity contribution >= 4 is 5.91 Å². The molecule has 0 aliphatic carbocycles. The zero-order valence-corrected chi connectivity index (χ0v) is 14.1. The summed E-state index contributed by atoms with van der Waals surface area (Å²) in [5.41, 5.74) is 2.77. The zero-order chi connectivity index (χ0) is 16.1. The van der Waals surface area contributed by atoms with Crippen molar-refractivity contribution in [2.24, 2.45) is 0 Å². The number of quaternary nitrogens is 2. The largest absolute Gasteiger partial charge is 0.493 e. The predicted molar refractivity (Wildman–Crippen MR) is 88.9 cm³/mol. The maximum absolute atomic E-state index is 11.8. The lowest BCUT2D eigenvalue weighted by Gasteiger charge is -2.29. The number of rotatable bonds is 6. The fourth-order valence-electron chi connectivity index (χ4n) is 3.50. The first-order chi connectivity index (χ1) is 11.2. The monoisotopic (exact) mass is 319 g/mol. The summed E-state index contributed by atoms with van der Waals surface area (Å²) < 4.78 is 5.57. The molecule has 23 heavy (non-hydrogen) atoms. The van der Waals surface area contributed by atoms with Crippen LogP contribution in [0, 0.1) is 0 Å². The van der Waals surface area contributed by atoms with Gasteiger partial charge in [0.05, 0.1) is 6.61 Å². The standard InChI is InChI=1S/C18H27N3O2/c1-2-6-19-18(22)14-21-9-7-20(8-10-21)13-15-3-4-17-16(12-15)5-11-23-17/h3-4,12H,2,5-11,13-14H2,1H3,(H,19,22)/p+2. The molecule has 0 aromatic heterocycles. The molecule has 2 aliphatic rings. The highest BCUT2D eigenvalue weighted by atomic mass is 16.5. The topological polar surface area (TPSA) is 47.2 Å². The van der Waals surface area contributed by atoms with Gasteiger partial charge in [-0.15, -0.1) is 0 Å². The number of carbonyl (C=O) groups is 1. The molecule has 1 aromatic rings. The smallest absolute Gasteiger partial charge is 0.275 e. The summed E-state index contributed by atoms with van der Waals surface area (Å²) in [4.78, 5) is 14.8. The Kier molecular flexibility index (Phi) is 5.51. The van der Waals surface area contributed by atoms with Gasteiger partial charge in [0, 0.05) is 18.5 Å². The Hall–Kier alpha value is -1.59. The highest BCUT2D eigenvalue weighted by molar-refractivity contribution is 5.76. The van der Waals surface area contributed by atoms with Crippen LogP contribution < -0.4 is 19.9 Å². The van der Waals surface area contributed by atoms with E-state index in [1.807, 2.05) is 0 Å². The molecule has 0 bridgehead atoms. The van der Waals surface area contributed by atoms with E-state index >= 15 is 0 Å². The van der Waals surface area contributed by atoms with Gasteiger partial charge in [0.15, 0.2) is 6.54 Å². The Morgan fingerprint density at radius 3 is 2.78 bits per heavy atom. The second kappa shape index (κ2) is 7.79. The lowest BCUT2D eigenvalue weighted by molar-refractivity contribution is -1.02. The average molecular weight is 319 g/mol. The summed E-state index contributed by atoms with van der Waals surface area (Å²) in [5.74, 6) is 1.26. The first-order valence-electron chi connectivity index (χ1n) is 8.93. The quantitative estimate of drug-likeness (QED) is 0.593. The van der Waals surface area contributed by atoms with Crippen LogP contribution >= 0.6 is 0 Å². The van der Waals surface area contributed by atoms with Crippen molar-refractivity contribution in [1.29, 1.82) is 0 Å². The van der Waals surface area contributed by atoms with Crippen molar-refractivity contribution in [3.63, 3.8) is 0 Å². The molecule has 5 heteroatoms. The fourth-order valence-corrected chi connectivity index (χ4v) is 3.50. The van der Waals surface area contributed by atoms with Crippen LogP contribution in [-0.4, -0.2) is 51.8 Å². The maximum atomic E-state index is 11.8. The summed E-state index contributed by atoms with van der Waals surface area (Å²) in [7, 11) is 0. The van der Waals surface area contributed by atoms with Crippen molar-refractivity contribution in [2.75, 3.05) is 45.9 Å². The molecule has 1 aromatic carbocycles. The Bertz CT molecular complexity index is 539. The normalized spacial score (nSPS) is 23.2. The van der Waals surface area contributed by atoms with Crippen molar-refractivity contribution in [1.82, 2.24) is 5.32 Å². The van der Waals surface area contributed by atoms with Gasteiger partial charge in [-0.2, -0.15) is 0 Å².